The van der Waals surface area contributed by atoms with E-state index in [0.29, 0.717) is 6.07 Å². The van der Waals surface area contributed by atoms with Gasteiger partial charge >= 0.3 is 0 Å². The highest BCUT2D eigenvalue weighted by Crippen LogP contribution is 2.27. The van der Waals surface area contributed by atoms with Crippen molar-refractivity contribution in [2.45, 2.75) is 6.43 Å². The minimum Gasteiger partial charge on any atom is -0.276 e. The van der Waals surface area contributed by atoms with Crippen LogP contribution in [0.5, 0.6) is 0 Å². The number of hydrogen-bond acceptors (Lipinski definition) is 3. The monoisotopic (exact) mass is 234 g/mol. The fraction of sp³-hybridized carbons (Fsp3) is 0.125. The second kappa shape index (κ2) is 4.28. The van der Waals surface area contributed by atoms with Gasteiger partial charge in [0, 0.05) is 6.07 Å². The molecule has 0 aliphatic carbocycles. The van der Waals surface area contributed by atoms with Crippen LogP contribution in [0.15, 0.2) is 6.07 Å². The predicted octanol–water partition coefficient (Wildman–Crippen LogP) is 2.41. The molecule has 1 heterocycles. The number of alkyl halides is 2. The first-order valence-corrected chi connectivity index (χ1v) is 3.93. The Hall–Kier alpha value is -1.61. The van der Waals surface area contributed by atoms with Crippen molar-refractivity contribution in [3.8, 4) is 6.07 Å². The highest BCUT2D eigenvalue weighted by Gasteiger charge is 2.23. The van der Waals surface area contributed by atoms with Crippen molar-refractivity contribution in [1.29, 1.82) is 5.26 Å². The number of pyridine rings is 1. The molecular formula is C8H2ClF3N2O. The van der Waals surface area contributed by atoms with Gasteiger partial charge in [-0.05, 0) is 11.6 Å². The molecule has 0 radical (unpaired) electrons. The third-order valence-electron chi connectivity index (χ3n) is 1.56. The Balaban J connectivity index is 3.56. The molecule has 1 rings (SSSR count). The highest BCUT2D eigenvalue weighted by molar-refractivity contribution is 6.67. The van der Waals surface area contributed by atoms with E-state index in [-0.39, 0.29) is 0 Å². The molecule has 0 saturated heterocycles. The van der Waals surface area contributed by atoms with E-state index in [4.69, 9.17) is 16.9 Å². The third kappa shape index (κ3) is 2.25. The van der Waals surface area contributed by atoms with Crippen molar-refractivity contribution in [2.24, 2.45) is 0 Å². The molecule has 0 saturated carbocycles. The summed E-state index contributed by atoms with van der Waals surface area (Å²) in [5.41, 5.74) is -2.52. The summed E-state index contributed by atoms with van der Waals surface area (Å²) in [6.45, 7) is 0. The smallest absolute Gasteiger partial charge is 0.267 e. The molecule has 1 aromatic rings. The van der Waals surface area contributed by atoms with Crippen LogP contribution in [0, 0.1) is 17.3 Å². The SMILES string of the molecule is N#Cc1nc(F)cc(C(=O)Cl)c1C(F)F. The van der Waals surface area contributed by atoms with Crippen LogP contribution < -0.4 is 0 Å². The standard InChI is InChI=1S/C8H2ClF3N2O/c9-7(15)3-1-5(10)14-4(2-13)6(3)8(11)12/h1,8H. The molecule has 0 bridgehead atoms. The predicted molar refractivity (Wildman–Crippen MR) is 44.1 cm³/mol. The van der Waals surface area contributed by atoms with Gasteiger partial charge in [-0.1, -0.05) is 0 Å². The second-order valence-corrected chi connectivity index (χ2v) is 2.78. The molecule has 7 heteroatoms. The summed E-state index contributed by atoms with van der Waals surface area (Å²) in [5.74, 6) is -1.21. The van der Waals surface area contributed by atoms with Gasteiger partial charge in [-0.25, -0.2) is 13.8 Å². The van der Waals surface area contributed by atoms with Crippen LogP contribution in [-0.4, -0.2) is 10.2 Å². The Morgan fingerprint density at radius 2 is 2.20 bits per heavy atom. The Kier molecular flexibility index (Phi) is 3.27. The zero-order valence-corrected chi connectivity index (χ0v) is 7.73. The Labute approximate surface area is 87.1 Å². The van der Waals surface area contributed by atoms with Gasteiger partial charge in [-0.2, -0.15) is 9.65 Å². The minimum atomic E-state index is -3.12. The number of carbonyl (C=O) groups is 1. The molecule has 0 aliphatic heterocycles. The van der Waals surface area contributed by atoms with Crippen LogP contribution in [0.1, 0.15) is 28.0 Å². The largest absolute Gasteiger partial charge is 0.276 e. The van der Waals surface area contributed by atoms with Gasteiger partial charge < -0.3 is 0 Å². The summed E-state index contributed by atoms with van der Waals surface area (Å²) in [6, 6.07) is 1.74. The molecule has 0 atom stereocenters. The highest BCUT2D eigenvalue weighted by atomic mass is 35.5. The average Bonchev–Trinajstić information content (AvgIpc) is 2.15. The molecule has 0 fully saturated rings. The van der Waals surface area contributed by atoms with Crippen LogP contribution in [0.3, 0.4) is 0 Å². The van der Waals surface area contributed by atoms with Crippen molar-refractivity contribution in [1.82, 2.24) is 4.98 Å². The van der Waals surface area contributed by atoms with Gasteiger partial charge in [-0.15, -0.1) is 0 Å². The van der Waals surface area contributed by atoms with Gasteiger partial charge in [0.1, 0.15) is 6.07 Å². The van der Waals surface area contributed by atoms with E-state index < -0.39 is 34.4 Å². The molecule has 0 unspecified atom stereocenters. The summed E-state index contributed by atoms with van der Waals surface area (Å²) >= 11 is 4.98. The molecule has 78 valence electrons. The van der Waals surface area contributed by atoms with Gasteiger partial charge in [-0.3, -0.25) is 4.79 Å². The van der Waals surface area contributed by atoms with Crippen molar-refractivity contribution in [3.05, 3.63) is 28.8 Å². The number of aromatic nitrogens is 1. The summed E-state index contributed by atoms with van der Waals surface area (Å²) in [7, 11) is 0. The molecule has 15 heavy (non-hydrogen) atoms. The first-order chi connectivity index (χ1) is 6.97. The molecule has 3 nitrogen and oxygen atoms in total. The van der Waals surface area contributed by atoms with E-state index in [0.717, 1.165) is 0 Å². The fourth-order valence-electron chi connectivity index (χ4n) is 0.992. The van der Waals surface area contributed by atoms with Crippen LogP contribution in [-0.2, 0) is 0 Å². The number of nitrogens with zero attached hydrogens (tertiary/aromatic N) is 2. The molecular weight excluding hydrogens is 233 g/mol. The van der Waals surface area contributed by atoms with Crippen LogP contribution in [0.25, 0.3) is 0 Å². The van der Waals surface area contributed by atoms with E-state index in [1.807, 2.05) is 0 Å². The topological polar surface area (TPSA) is 53.8 Å². The molecule has 0 aliphatic rings. The van der Waals surface area contributed by atoms with Gasteiger partial charge in [0.05, 0.1) is 11.1 Å². The lowest BCUT2D eigenvalue weighted by molar-refractivity contribution is 0.106. The van der Waals surface area contributed by atoms with Crippen LogP contribution in [0.4, 0.5) is 13.2 Å². The summed E-state index contributed by atoms with van der Waals surface area (Å²) in [6.07, 6.45) is -3.12. The molecule has 0 spiro atoms. The summed E-state index contributed by atoms with van der Waals surface area (Å²) < 4.78 is 37.6. The van der Waals surface area contributed by atoms with E-state index >= 15 is 0 Å². The number of halogens is 4. The molecule has 1 aromatic heterocycles. The maximum Gasteiger partial charge on any atom is 0.267 e. The van der Waals surface area contributed by atoms with E-state index in [1.54, 1.807) is 0 Å². The fourth-order valence-corrected chi connectivity index (χ4v) is 1.15. The quantitative estimate of drug-likeness (QED) is 0.583. The Bertz CT molecular complexity index is 456. The first kappa shape index (κ1) is 11.5. The zero-order chi connectivity index (χ0) is 11.6. The third-order valence-corrected chi connectivity index (χ3v) is 1.77. The number of carbonyl (C=O) groups excluding carboxylic acids is 1. The summed E-state index contributed by atoms with van der Waals surface area (Å²) in [4.78, 5) is 13.7. The van der Waals surface area contributed by atoms with Gasteiger partial charge in [0.2, 0.25) is 5.95 Å². The minimum absolute atomic E-state index is 0.470. The lowest BCUT2D eigenvalue weighted by Crippen LogP contribution is -2.05. The Morgan fingerprint density at radius 3 is 2.60 bits per heavy atom. The second-order valence-electron chi connectivity index (χ2n) is 2.44. The maximum atomic E-state index is 12.7. The van der Waals surface area contributed by atoms with Gasteiger partial charge in [0.25, 0.3) is 11.7 Å². The van der Waals surface area contributed by atoms with Crippen molar-refractivity contribution < 1.29 is 18.0 Å². The summed E-state index contributed by atoms with van der Waals surface area (Å²) in [5, 5.41) is 7.17. The van der Waals surface area contributed by atoms with Crippen LogP contribution in [0.2, 0.25) is 0 Å². The normalized spacial score (nSPS) is 10.1. The molecule has 0 aromatic carbocycles. The van der Waals surface area contributed by atoms with E-state index in [2.05, 4.69) is 4.98 Å². The maximum absolute atomic E-state index is 12.7. The lowest BCUT2D eigenvalue weighted by atomic mass is 10.1. The number of hydrogen-bond donors (Lipinski definition) is 0. The molecule has 0 amide bonds. The van der Waals surface area contributed by atoms with Crippen LogP contribution >= 0.6 is 11.6 Å². The molecule has 0 N–H and O–H groups in total. The first-order valence-electron chi connectivity index (χ1n) is 3.56. The van der Waals surface area contributed by atoms with Gasteiger partial charge in [0.15, 0.2) is 5.69 Å². The lowest BCUT2D eigenvalue weighted by Gasteiger charge is -2.06. The van der Waals surface area contributed by atoms with E-state index in [1.165, 1.54) is 6.07 Å². The average molecular weight is 235 g/mol. The van der Waals surface area contributed by atoms with Crippen molar-refractivity contribution in [2.75, 3.05) is 0 Å². The number of nitriles is 1. The zero-order valence-electron chi connectivity index (χ0n) is 6.97. The number of rotatable bonds is 2. The Morgan fingerprint density at radius 1 is 1.60 bits per heavy atom. The van der Waals surface area contributed by atoms with E-state index in [9.17, 15) is 18.0 Å². The van der Waals surface area contributed by atoms with Crippen molar-refractivity contribution >= 4 is 16.8 Å². The van der Waals surface area contributed by atoms with Crippen molar-refractivity contribution in [3.63, 3.8) is 0 Å².